The van der Waals surface area contributed by atoms with Gasteiger partial charge >= 0.3 is 0 Å². The molecule has 0 aromatic heterocycles. The number of hydrogen-bond donors (Lipinski definition) is 0. The van der Waals surface area contributed by atoms with Crippen molar-refractivity contribution in [3.63, 3.8) is 0 Å². The third kappa shape index (κ3) is 3.45. The molecule has 0 fully saturated rings. The van der Waals surface area contributed by atoms with Gasteiger partial charge in [-0.1, -0.05) is 67.0 Å². The number of halogens is 1. The van der Waals surface area contributed by atoms with Gasteiger partial charge in [0.2, 0.25) is 0 Å². The second kappa shape index (κ2) is 5.55. The molecule has 0 bridgehead atoms. The van der Waals surface area contributed by atoms with Crippen molar-refractivity contribution in [2.75, 3.05) is 0 Å². The van der Waals surface area contributed by atoms with E-state index in [1.54, 1.807) is 0 Å². The highest BCUT2D eigenvalue weighted by atomic mass is 79.9. The summed E-state index contributed by atoms with van der Waals surface area (Å²) in [6.45, 7) is 6.87. The fourth-order valence-electron chi connectivity index (χ4n) is 1.83. The van der Waals surface area contributed by atoms with Crippen molar-refractivity contribution in [2.45, 2.75) is 32.0 Å². The molecule has 0 heterocycles. The van der Waals surface area contributed by atoms with Crippen molar-refractivity contribution in [1.29, 1.82) is 0 Å². The number of alkyl halides is 1. The van der Waals surface area contributed by atoms with Gasteiger partial charge in [0.15, 0.2) is 0 Å². The van der Waals surface area contributed by atoms with E-state index in [-0.39, 0.29) is 0 Å². The third-order valence-electron chi connectivity index (χ3n) is 2.46. The van der Waals surface area contributed by atoms with Crippen molar-refractivity contribution < 1.29 is 0 Å². The molecule has 1 rings (SSSR count). The molecule has 0 aliphatic carbocycles. The zero-order chi connectivity index (χ0) is 10.6. The van der Waals surface area contributed by atoms with Crippen LogP contribution in [-0.2, 0) is 0 Å². The molecular weight excluding hydrogens is 236 g/mol. The summed E-state index contributed by atoms with van der Waals surface area (Å²) in [7, 11) is 0. The molecule has 0 spiro atoms. The number of hydrogen-bond acceptors (Lipinski definition) is 0. The van der Waals surface area contributed by atoms with Gasteiger partial charge in [-0.15, -0.1) is 0 Å². The Morgan fingerprint density at radius 2 is 1.64 bits per heavy atom. The molecule has 0 aliphatic rings. The predicted molar refractivity (Wildman–Crippen MR) is 66.7 cm³/mol. The van der Waals surface area contributed by atoms with Crippen LogP contribution in [-0.4, -0.2) is 0 Å². The lowest BCUT2D eigenvalue weighted by atomic mass is 9.92. The van der Waals surface area contributed by atoms with E-state index >= 15 is 0 Å². The fourth-order valence-corrected chi connectivity index (χ4v) is 2.35. The van der Waals surface area contributed by atoms with Crippen LogP contribution in [0.4, 0.5) is 0 Å². The van der Waals surface area contributed by atoms with E-state index < -0.39 is 0 Å². The predicted octanol–water partition coefficient (Wildman–Crippen LogP) is 4.80. The van der Waals surface area contributed by atoms with Crippen molar-refractivity contribution >= 4 is 15.9 Å². The van der Waals surface area contributed by atoms with E-state index in [1.807, 2.05) is 0 Å². The minimum atomic E-state index is 0.492. The van der Waals surface area contributed by atoms with Crippen molar-refractivity contribution in [1.82, 2.24) is 0 Å². The van der Waals surface area contributed by atoms with Gasteiger partial charge in [0, 0.05) is 4.83 Å². The van der Waals surface area contributed by atoms with Gasteiger partial charge < -0.3 is 0 Å². The van der Waals surface area contributed by atoms with Gasteiger partial charge in [-0.25, -0.2) is 0 Å². The van der Waals surface area contributed by atoms with Crippen LogP contribution in [0, 0.1) is 11.8 Å². The smallest absolute Gasteiger partial charge is 0.0420 e. The molecular formula is C13H19Br. The molecule has 2 atom stereocenters. The van der Waals surface area contributed by atoms with E-state index in [9.17, 15) is 0 Å². The Labute approximate surface area is 95.9 Å². The van der Waals surface area contributed by atoms with Crippen molar-refractivity contribution in [3.05, 3.63) is 35.9 Å². The average Bonchev–Trinajstić information content (AvgIpc) is 2.17. The summed E-state index contributed by atoms with van der Waals surface area (Å²) in [5.74, 6) is 1.46. The zero-order valence-electron chi connectivity index (χ0n) is 9.20. The molecule has 0 amide bonds. The molecule has 14 heavy (non-hydrogen) atoms. The van der Waals surface area contributed by atoms with Crippen LogP contribution in [0.1, 0.15) is 37.6 Å². The Hall–Kier alpha value is -0.300. The molecule has 0 nitrogen and oxygen atoms in total. The SMILES string of the molecule is CC(C)CC(C)C(Br)c1ccccc1. The maximum absolute atomic E-state index is 3.78. The van der Waals surface area contributed by atoms with Crippen LogP contribution >= 0.6 is 15.9 Å². The van der Waals surface area contributed by atoms with Crippen LogP contribution in [0.2, 0.25) is 0 Å². The second-order valence-electron chi connectivity index (χ2n) is 4.42. The Kier molecular flexibility index (Phi) is 4.67. The first-order chi connectivity index (χ1) is 6.61. The maximum Gasteiger partial charge on any atom is 0.0420 e. The molecule has 0 aliphatic heterocycles. The molecule has 1 heteroatoms. The second-order valence-corrected chi connectivity index (χ2v) is 5.41. The molecule has 0 radical (unpaired) electrons. The molecule has 1 aromatic carbocycles. The zero-order valence-corrected chi connectivity index (χ0v) is 10.8. The third-order valence-corrected chi connectivity index (χ3v) is 3.89. The first-order valence-electron chi connectivity index (χ1n) is 5.30. The highest BCUT2D eigenvalue weighted by Gasteiger charge is 2.16. The van der Waals surface area contributed by atoms with E-state index in [0.717, 1.165) is 5.92 Å². The van der Waals surface area contributed by atoms with E-state index in [0.29, 0.717) is 10.7 Å². The molecule has 78 valence electrons. The summed E-state index contributed by atoms with van der Waals surface area (Å²) in [5, 5.41) is 0. The first-order valence-corrected chi connectivity index (χ1v) is 6.22. The quantitative estimate of drug-likeness (QED) is 0.677. The summed E-state index contributed by atoms with van der Waals surface area (Å²) in [6, 6.07) is 10.7. The minimum absolute atomic E-state index is 0.492. The lowest BCUT2D eigenvalue weighted by molar-refractivity contribution is 0.435. The fraction of sp³-hybridized carbons (Fsp3) is 0.538. The number of rotatable bonds is 4. The molecule has 0 saturated carbocycles. The Morgan fingerprint density at radius 1 is 1.07 bits per heavy atom. The standard InChI is InChI=1S/C13H19Br/c1-10(2)9-11(3)13(14)12-7-5-4-6-8-12/h4-8,10-11,13H,9H2,1-3H3. The normalized spacial score (nSPS) is 15.5. The summed E-state index contributed by atoms with van der Waals surface area (Å²) >= 11 is 3.78. The summed E-state index contributed by atoms with van der Waals surface area (Å²) in [5.41, 5.74) is 1.39. The van der Waals surface area contributed by atoms with Crippen LogP contribution in [0.25, 0.3) is 0 Å². The lowest BCUT2D eigenvalue weighted by Gasteiger charge is -2.20. The molecule has 0 N–H and O–H groups in total. The highest BCUT2D eigenvalue weighted by Crippen LogP contribution is 2.34. The molecule has 1 aromatic rings. The maximum atomic E-state index is 3.78. The summed E-state index contributed by atoms with van der Waals surface area (Å²) in [4.78, 5) is 0.492. The van der Waals surface area contributed by atoms with E-state index in [2.05, 4.69) is 67.0 Å². The average molecular weight is 255 g/mol. The van der Waals surface area contributed by atoms with Gasteiger partial charge in [-0.3, -0.25) is 0 Å². The highest BCUT2D eigenvalue weighted by molar-refractivity contribution is 9.09. The van der Waals surface area contributed by atoms with Gasteiger partial charge in [0.05, 0.1) is 0 Å². The monoisotopic (exact) mass is 254 g/mol. The Bertz CT molecular complexity index is 253. The molecule has 0 saturated heterocycles. The summed E-state index contributed by atoms with van der Waals surface area (Å²) < 4.78 is 0. The first kappa shape index (κ1) is 11.8. The van der Waals surface area contributed by atoms with Gasteiger partial charge in [0.25, 0.3) is 0 Å². The van der Waals surface area contributed by atoms with Crippen LogP contribution in [0.5, 0.6) is 0 Å². The summed E-state index contributed by atoms with van der Waals surface area (Å²) in [6.07, 6.45) is 1.27. The topological polar surface area (TPSA) is 0 Å². The van der Waals surface area contributed by atoms with Gasteiger partial charge in [-0.05, 0) is 23.8 Å². The molecule has 2 unspecified atom stereocenters. The lowest BCUT2D eigenvalue weighted by Crippen LogP contribution is -2.06. The van der Waals surface area contributed by atoms with E-state index in [4.69, 9.17) is 0 Å². The van der Waals surface area contributed by atoms with Crippen LogP contribution in [0.15, 0.2) is 30.3 Å². The van der Waals surface area contributed by atoms with Crippen LogP contribution < -0.4 is 0 Å². The largest absolute Gasteiger partial charge is 0.0836 e. The van der Waals surface area contributed by atoms with Crippen LogP contribution in [0.3, 0.4) is 0 Å². The van der Waals surface area contributed by atoms with E-state index in [1.165, 1.54) is 12.0 Å². The van der Waals surface area contributed by atoms with Crippen molar-refractivity contribution in [3.8, 4) is 0 Å². The Morgan fingerprint density at radius 3 is 2.14 bits per heavy atom. The van der Waals surface area contributed by atoms with Gasteiger partial charge in [0.1, 0.15) is 0 Å². The number of benzene rings is 1. The Balaban J connectivity index is 2.61. The minimum Gasteiger partial charge on any atom is -0.0836 e. The van der Waals surface area contributed by atoms with Gasteiger partial charge in [-0.2, -0.15) is 0 Å². The van der Waals surface area contributed by atoms with Crippen molar-refractivity contribution in [2.24, 2.45) is 11.8 Å².